The number of thiophene rings is 1. The molecule has 2 heterocycles. The van der Waals surface area contributed by atoms with Crippen LogP contribution in [0.5, 0.6) is 10.8 Å². The van der Waals surface area contributed by atoms with Crippen LogP contribution in [0.4, 0.5) is 0 Å². The fourth-order valence-corrected chi connectivity index (χ4v) is 2.18. The summed E-state index contributed by atoms with van der Waals surface area (Å²) < 4.78 is 5.08. The number of hydrogen-bond donors (Lipinski definition) is 2. The van der Waals surface area contributed by atoms with Crippen LogP contribution >= 0.6 is 11.3 Å². The van der Waals surface area contributed by atoms with Gasteiger partial charge in [0.05, 0.1) is 6.61 Å². The number of fused-ring (bicyclic) bond motifs is 1. The normalized spacial score (nSPS) is 14.7. The molecule has 14 heavy (non-hydrogen) atoms. The van der Waals surface area contributed by atoms with Gasteiger partial charge in [-0.25, -0.2) is 4.79 Å². The van der Waals surface area contributed by atoms with Crippen molar-refractivity contribution >= 4 is 23.1 Å². The molecule has 2 rings (SSSR count). The second-order valence-electron chi connectivity index (χ2n) is 2.77. The van der Waals surface area contributed by atoms with Crippen molar-refractivity contribution < 1.29 is 24.5 Å². The quantitative estimate of drug-likeness (QED) is 0.731. The van der Waals surface area contributed by atoms with E-state index in [1.807, 2.05) is 0 Å². The highest BCUT2D eigenvalue weighted by Gasteiger charge is 2.30. The van der Waals surface area contributed by atoms with E-state index in [9.17, 15) is 14.7 Å². The van der Waals surface area contributed by atoms with Crippen molar-refractivity contribution in [2.24, 2.45) is 0 Å². The molecule has 1 aromatic heterocycles. The maximum atomic E-state index is 11.3. The molecule has 0 amide bonds. The topological polar surface area (TPSA) is 83.8 Å². The Kier molecular flexibility index (Phi) is 1.92. The Morgan fingerprint density at radius 2 is 2.21 bits per heavy atom. The van der Waals surface area contributed by atoms with E-state index >= 15 is 0 Å². The van der Waals surface area contributed by atoms with Gasteiger partial charge in [0.1, 0.15) is 5.56 Å². The van der Waals surface area contributed by atoms with Gasteiger partial charge >= 0.3 is 5.97 Å². The van der Waals surface area contributed by atoms with Gasteiger partial charge in [-0.05, 0) is 0 Å². The van der Waals surface area contributed by atoms with E-state index in [4.69, 9.17) is 9.84 Å². The van der Waals surface area contributed by atoms with Crippen molar-refractivity contribution in [3.63, 3.8) is 0 Å². The van der Waals surface area contributed by atoms with E-state index in [-0.39, 0.29) is 34.3 Å². The molecule has 6 heteroatoms. The van der Waals surface area contributed by atoms with Crippen LogP contribution in [0.15, 0.2) is 0 Å². The molecule has 1 aromatic rings. The predicted molar refractivity (Wildman–Crippen MR) is 47.4 cm³/mol. The summed E-state index contributed by atoms with van der Waals surface area (Å²) in [7, 11) is 0. The maximum Gasteiger partial charge on any atom is 0.349 e. The molecule has 0 unspecified atom stereocenters. The van der Waals surface area contributed by atoms with Crippen molar-refractivity contribution in [3.8, 4) is 10.8 Å². The highest BCUT2D eigenvalue weighted by Crippen LogP contribution is 2.42. The van der Waals surface area contributed by atoms with E-state index in [2.05, 4.69) is 0 Å². The number of rotatable bonds is 1. The Labute approximate surface area is 82.6 Å². The number of hydrogen-bond acceptors (Lipinski definition) is 5. The number of Topliss-reactive ketones (excluding diaryl/α,β-unsaturated/α-hetero) is 1. The lowest BCUT2D eigenvalue weighted by molar-refractivity contribution is 0.0699. The molecule has 0 saturated heterocycles. The summed E-state index contributed by atoms with van der Waals surface area (Å²) in [5.41, 5.74) is 0.0126. The molecule has 5 nitrogen and oxygen atoms in total. The summed E-state index contributed by atoms with van der Waals surface area (Å²) in [5, 5.41) is 18.3. The Bertz CT molecular complexity index is 420. The molecule has 1 aliphatic heterocycles. The molecule has 0 radical (unpaired) electrons. The number of ether oxygens (including phenoxy) is 1. The fourth-order valence-electron chi connectivity index (χ4n) is 1.26. The fraction of sp³-hybridized carbons (Fsp3) is 0.250. The second kappa shape index (κ2) is 2.98. The highest BCUT2D eigenvalue weighted by atomic mass is 32.1. The van der Waals surface area contributed by atoms with E-state index < -0.39 is 11.7 Å². The van der Waals surface area contributed by atoms with Gasteiger partial charge in [-0.15, -0.1) is 0 Å². The van der Waals surface area contributed by atoms with E-state index in [0.29, 0.717) is 0 Å². The minimum absolute atomic E-state index is 0.0126. The zero-order valence-corrected chi connectivity index (χ0v) is 7.76. The van der Waals surface area contributed by atoms with Crippen molar-refractivity contribution in [3.05, 3.63) is 10.4 Å². The monoisotopic (exact) mass is 214 g/mol. The molecule has 0 aromatic carbocycles. The van der Waals surface area contributed by atoms with Crippen LogP contribution in [0.3, 0.4) is 0 Å². The van der Waals surface area contributed by atoms with Gasteiger partial charge in [0.2, 0.25) is 0 Å². The number of aromatic carboxylic acids is 1. The van der Waals surface area contributed by atoms with E-state index in [1.165, 1.54) is 0 Å². The van der Waals surface area contributed by atoms with Crippen molar-refractivity contribution in [1.29, 1.82) is 0 Å². The summed E-state index contributed by atoms with van der Waals surface area (Å²) in [6.45, 7) is 0.241. The summed E-state index contributed by atoms with van der Waals surface area (Å²) in [5.74, 6) is -1.99. The number of carboxylic acid groups (broad SMARTS) is 1. The highest BCUT2D eigenvalue weighted by molar-refractivity contribution is 7.16. The molecule has 0 saturated carbocycles. The second-order valence-corrected chi connectivity index (χ2v) is 3.75. The molecular formula is C8H6O5S. The van der Waals surface area contributed by atoms with Gasteiger partial charge in [0, 0.05) is 6.42 Å². The van der Waals surface area contributed by atoms with Gasteiger partial charge < -0.3 is 14.9 Å². The molecule has 0 bridgehead atoms. The van der Waals surface area contributed by atoms with Crippen LogP contribution in [0.25, 0.3) is 0 Å². The van der Waals surface area contributed by atoms with Crippen LogP contribution in [-0.2, 0) is 0 Å². The number of carboxylic acids is 1. The van der Waals surface area contributed by atoms with E-state index in [1.54, 1.807) is 0 Å². The summed E-state index contributed by atoms with van der Waals surface area (Å²) in [4.78, 5) is 21.7. The molecule has 0 aliphatic carbocycles. The lowest BCUT2D eigenvalue weighted by Gasteiger charge is -2.10. The Balaban J connectivity index is 2.60. The summed E-state index contributed by atoms with van der Waals surface area (Å²) in [6, 6.07) is 0. The smallest absolute Gasteiger partial charge is 0.349 e. The minimum atomic E-state index is -1.25. The van der Waals surface area contributed by atoms with Crippen molar-refractivity contribution in [1.82, 2.24) is 0 Å². The van der Waals surface area contributed by atoms with Crippen LogP contribution in [0, 0.1) is 0 Å². The SMILES string of the molecule is O=C(O)c1sc2c(c1O)C(=O)CCO2. The summed E-state index contributed by atoms with van der Waals surface area (Å²) >= 11 is 0.781. The first-order valence-corrected chi connectivity index (χ1v) is 4.68. The molecule has 0 spiro atoms. The summed E-state index contributed by atoms with van der Waals surface area (Å²) in [6.07, 6.45) is 0.177. The van der Waals surface area contributed by atoms with Crippen LogP contribution in [0.1, 0.15) is 26.5 Å². The first kappa shape index (κ1) is 9.01. The zero-order chi connectivity index (χ0) is 10.3. The van der Waals surface area contributed by atoms with Crippen LogP contribution in [-0.4, -0.2) is 28.6 Å². The third-order valence-electron chi connectivity index (χ3n) is 1.89. The third-order valence-corrected chi connectivity index (χ3v) is 2.97. The zero-order valence-electron chi connectivity index (χ0n) is 6.94. The minimum Gasteiger partial charge on any atom is -0.505 e. The molecule has 0 fully saturated rings. The Morgan fingerprint density at radius 1 is 1.50 bits per heavy atom. The van der Waals surface area contributed by atoms with Gasteiger partial charge in [-0.3, -0.25) is 4.79 Å². The maximum absolute atomic E-state index is 11.3. The largest absolute Gasteiger partial charge is 0.505 e. The van der Waals surface area contributed by atoms with Gasteiger partial charge in [0.25, 0.3) is 0 Å². The Morgan fingerprint density at radius 3 is 2.79 bits per heavy atom. The third kappa shape index (κ3) is 1.15. The van der Waals surface area contributed by atoms with Crippen LogP contribution < -0.4 is 4.74 Å². The number of ketones is 1. The standard InChI is InChI=1S/C8H6O5S/c9-3-1-2-13-8-4(3)5(10)6(14-8)7(11)12/h10H,1-2H2,(H,11,12). The average Bonchev–Trinajstić information content (AvgIpc) is 2.45. The number of carbonyl (C=O) groups excluding carboxylic acids is 1. The molecular weight excluding hydrogens is 208 g/mol. The molecule has 0 atom stereocenters. The lowest BCUT2D eigenvalue weighted by Crippen LogP contribution is -2.13. The first-order chi connectivity index (χ1) is 6.61. The van der Waals surface area contributed by atoms with Crippen molar-refractivity contribution in [2.75, 3.05) is 6.61 Å². The molecule has 2 N–H and O–H groups in total. The van der Waals surface area contributed by atoms with E-state index in [0.717, 1.165) is 11.3 Å². The average molecular weight is 214 g/mol. The number of aromatic hydroxyl groups is 1. The van der Waals surface area contributed by atoms with Crippen molar-refractivity contribution in [2.45, 2.75) is 6.42 Å². The Hall–Kier alpha value is -1.56. The van der Waals surface area contributed by atoms with Gasteiger partial charge in [0.15, 0.2) is 21.5 Å². The van der Waals surface area contributed by atoms with Gasteiger partial charge in [-0.2, -0.15) is 0 Å². The number of carbonyl (C=O) groups is 2. The molecule has 74 valence electrons. The van der Waals surface area contributed by atoms with Crippen LogP contribution in [0.2, 0.25) is 0 Å². The predicted octanol–water partition coefficient (Wildman–Crippen LogP) is 1.12. The lowest BCUT2D eigenvalue weighted by atomic mass is 10.1. The first-order valence-electron chi connectivity index (χ1n) is 3.86. The van der Waals surface area contributed by atoms with Gasteiger partial charge in [-0.1, -0.05) is 11.3 Å². The molecule has 1 aliphatic rings.